The number of aromatic nitrogens is 4. The molecule has 5 rings (SSSR count). The topological polar surface area (TPSA) is 117 Å². The van der Waals surface area contributed by atoms with Gasteiger partial charge in [-0.3, -0.25) is 4.79 Å². The first-order valence-electron chi connectivity index (χ1n) is 12.3. The summed E-state index contributed by atoms with van der Waals surface area (Å²) >= 11 is 0. The molecule has 3 N–H and O–H groups in total. The van der Waals surface area contributed by atoms with Crippen molar-refractivity contribution in [2.24, 2.45) is 11.3 Å². The summed E-state index contributed by atoms with van der Waals surface area (Å²) in [7, 11) is 0. The van der Waals surface area contributed by atoms with Crippen molar-refractivity contribution in [3.8, 4) is 28.3 Å². The lowest BCUT2D eigenvalue weighted by atomic mass is 9.86. The van der Waals surface area contributed by atoms with Crippen LogP contribution in [0.25, 0.3) is 28.2 Å². The highest BCUT2D eigenvalue weighted by Crippen LogP contribution is 2.35. The van der Waals surface area contributed by atoms with E-state index >= 15 is 0 Å². The summed E-state index contributed by atoms with van der Waals surface area (Å²) in [4.78, 5) is 19.9. The number of nitrogens with two attached hydrogens (primary N) is 1. The number of nitrogens with zero attached hydrogens (tertiary/aromatic N) is 4. The molecule has 0 radical (unpaired) electrons. The molecule has 1 aliphatic rings. The van der Waals surface area contributed by atoms with E-state index in [-0.39, 0.29) is 22.8 Å². The average Bonchev–Trinajstić information content (AvgIpc) is 3.31. The van der Waals surface area contributed by atoms with Crippen molar-refractivity contribution in [2.75, 3.05) is 32.1 Å². The number of alkyl halides is 3. The Labute approximate surface area is 222 Å². The lowest BCUT2D eigenvalue weighted by molar-refractivity contribution is -0.139. The van der Waals surface area contributed by atoms with Crippen molar-refractivity contribution in [2.45, 2.75) is 20.0 Å². The van der Waals surface area contributed by atoms with Crippen LogP contribution in [0.2, 0.25) is 0 Å². The summed E-state index contributed by atoms with van der Waals surface area (Å²) in [6.45, 7) is 5.58. The zero-order valence-electron chi connectivity index (χ0n) is 21.3. The van der Waals surface area contributed by atoms with Crippen molar-refractivity contribution in [1.29, 1.82) is 0 Å². The molecular weight excluding hydrogens is 513 g/mol. The summed E-state index contributed by atoms with van der Waals surface area (Å²) in [5.74, 6) is -0.0443. The number of amides is 1. The zero-order valence-corrected chi connectivity index (χ0v) is 21.3. The number of pyridine rings is 1. The molecule has 1 amide bonds. The molecule has 9 nitrogen and oxygen atoms in total. The molecule has 1 aromatic carbocycles. The van der Waals surface area contributed by atoms with Gasteiger partial charge in [-0.2, -0.15) is 18.3 Å². The van der Waals surface area contributed by atoms with Crippen molar-refractivity contribution in [1.82, 2.24) is 24.9 Å². The maximum atomic E-state index is 13.4. The fourth-order valence-corrected chi connectivity index (χ4v) is 4.13. The van der Waals surface area contributed by atoms with Crippen LogP contribution in [0.4, 0.5) is 19.0 Å². The first-order valence-corrected chi connectivity index (χ1v) is 12.3. The Bertz CT molecular complexity index is 1500. The van der Waals surface area contributed by atoms with E-state index < -0.39 is 17.6 Å². The highest BCUT2D eigenvalue weighted by atomic mass is 19.4. The molecule has 1 aliphatic heterocycles. The molecule has 204 valence electrons. The SMILES string of the molecule is CC(C)C(=O)NCC1(COc2ccc(-c3ccc4ncc(-c5cnc(N)c(C(F)(F)F)c5)n4n3)cc2)COC1. The Morgan fingerprint density at radius 3 is 2.51 bits per heavy atom. The van der Waals surface area contributed by atoms with Crippen molar-refractivity contribution < 1.29 is 27.4 Å². The monoisotopic (exact) mass is 540 g/mol. The number of hydrogen-bond donors (Lipinski definition) is 2. The third kappa shape index (κ3) is 5.51. The van der Waals surface area contributed by atoms with Gasteiger partial charge in [0.15, 0.2) is 5.65 Å². The maximum Gasteiger partial charge on any atom is 0.419 e. The van der Waals surface area contributed by atoms with E-state index in [1.165, 1.54) is 16.9 Å². The number of carbonyl (C=O) groups excluding carboxylic acids is 1. The third-order valence-corrected chi connectivity index (χ3v) is 6.56. The van der Waals surface area contributed by atoms with E-state index in [0.29, 0.717) is 49.1 Å². The Hall–Kier alpha value is -4.19. The number of carbonyl (C=O) groups is 1. The van der Waals surface area contributed by atoms with Gasteiger partial charge in [0.05, 0.1) is 48.4 Å². The Morgan fingerprint density at radius 1 is 1.13 bits per heavy atom. The van der Waals surface area contributed by atoms with Crippen molar-refractivity contribution in [3.63, 3.8) is 0 Å². The quantitative estimate of drug-likeness (QED) is 0.344. The Kier molecular flexibility index (Phi) is 6.89. The van der Waals surface area contributed by atoms with Crippen LogP contribution in [0.15, 0.2) is 54.9 Å². The highest BCUT2D eigenvalue weighted by molar-refractivity contribution is 5.77. The van der Waals surface area contributed by atoms with Crippen LogP contribution in [0, 0.1) is 11.3 Å². The van der Waals surface area contributed by atoms with Gasteiger partial charge in [-0.15, -0.1) is 0 Å². The summed E-state index contributed by atoms with van der Waals surface area (Å²) < 4.78 is 52.9. The molecule has 1 fully saturated rings. The number of rotatable bonds is 8. The fraction of sp³-hybridized carbons (Fsp3) is 0.333. The second kappa shape index (κ2) is 10.2. The molecule has 12 heteroatoms. The van der Waals surface area contributed by atoms with Crippen molar-refractivity contribution >= 4 is 17.4 Å². The second-order valence-corrected chi connectivity index (χ2v) is 9.96. The summed E-state index contributed by atoms with van der Waals surface area (Å²) in [6, 6.07) is 11.8. The Balaban J connectivity index is 1.33. The van der Waals surface area contributed by atoms with Gasteiger partial charge in [-0.05, 0) is 42.5 Å². The smallest absolute Gasteiger partial charge is 0.419 e. The van der Waals surface area contributed by atoms with Gasteiger partial charge in [0, 0.05) is 29.8 Å². The molecule has 1 saturated heterocycles. The van der Waals surface area contributed by atoms with Crippen molar-refractivity contribution in [3.05, 3.63) is 60.4 Å². The van der Waals surface area contributed by atoms with Crippen LogP contribution in [0.3, 0.4) is 0 Å². The minimum Gasteiger partial charge on any atom is -0.493 e. The van der Waals surface area contributed by atoms with Gasteiger partial charge in [0.25, 0.3) is 0 Å². The third-order valence-electron chi connectivity index (χ3n) is 6.56. The van der Waals surface area contributed by atoms with E-state index in [0.717, 1.165) is 11.6 Å². The first kappa shape index (κ1) is 26.4. The van der Waals surface area contributed by atoms with Crippen LogP contribution in [0.1, 0.15) is 19.4 Å². The summed E-state index contributed by atoms with van der Waals surface area (Å²) in [6.07, 6.45) is -1.92. The van der Waals surface area contributed by atoms with E-state index in [4.69, 9.17) is 15.2 Å². The van der Waals surface area contributed by atoms with Gasteiger partial charge in [-0.1, -0.05) is 13.8 Å². The molecule has 0 atom stereocenters. The normalized spacial score (nSPS) is 14.8. The summed E-state index contributed by atoms with van der Waals surface area (Å²) in [5, 5.41) is 7.56. The van der Waals surface area contributed by atoms with E-state index in [1.807, 2.05) is 38.1 Å². The maximum absolute atomic E-state index is 13.4. The lowest BCUT2D eigenvalue weighted by Crippen LogP contribution is -2.54. The number of fused-ring (bicyclic) bond motifs is 1. The van der Waals surface area contributed by atoms with E-state index in [9.17, 15) is 18.0 Å². The highest BCUT2D eigenvalue weighted by Gasteiger charge is 2.40. The number of ether oxygens (including phenoxy) is 2. The van der Waals surface area contributed by atoms with Crippen LogP contribution in [-0.2, 0) is 15.7 Å². The first-order chi connectivity index (χ1) is 18.5. The van der Waals surface area contributed by atoms with Crippen LogP contribution in [-0.4, -0.2) is 51.9 Å². The summed E-state index contributed by atoms with van der Waals surface area (Å²) in [5.41, 5.74) is 6.54. The van der Waals surface area contributed by atoms with Gasteiger partial charge < -0.3 is 20.5 Å². The standard InChI is InChI=1S/C27H27F3N6O3/c1-16(2)25(37)34-12-26(13-38-14-26)15-39-19-5-3-17(4-6-19)21-7-8-23-32-11-22(36(23)35-21)18-9-20(27(28,29)30)24(31)33-10-18/h3-11,16H,12-15H2,1-2H3,(H2,31,33)(H,34,37). The van der Waals surface area contributed by atoms with Gasteiger partial charge in [-0.25, -0.2) is 14.5 Å². The molecule has 0 spiro atoms. The number of halogens is 3. The number of hydrogen-bond acceptors (Lipinski definition) is 7. The average molecular weight is 541 g/mol. The molecule has 39 heavy (non-hydrogen) atoms. The largest absolute Gasteiger partial charge is 0.493 e. The predicted molar refractivity (Wildman–Crippen MR) is 138 cm³/mol. The minimum atomic E-state index is -4.64. The predicted octanol–water partition coefficient (Wildman–Crippen LogP) is 4.23. The van der Waals surface area contributed by atoms with Crippen LogP contribution in [0.5, 0.6) is 5.75 Å². The number of nitrogen functional groups attached to an aromatic ring is 1. The number of nitrogens with one attached hydrogen (secondary N) is 1. The van der Waals surface area contributed by atoms with Crippen LogP contribution < -0.4 is 15.8 Å². The number of benzene rings is 1. The molecule has 0 unspecified atom stereocenters. The van der Waals surface area contributed by atoms with Gasteiger partial charge in [0.1, 0.15) is 11.6 Å². The Morgan fingerprint density at radius 2 is 1.87 bits per heavy atom. The molecule has 0 aliphatic carbocycles. The molecule has 3 aromatic heterocycles. The number of anilines is 1. The molecular formula is C27H27F3N6O3. The molecule has 4 heterocycles. The van der Waals surface area contributed by atoms with Gasteiger partial charge >= 0.3 is 6.18 Å². The molecule has 0 saturated carbocycles. The van der Waals surface area contributed by atoms with Crippen LogP contribution >= 0.6 is 0 Å². The molecule has 4 aromatic rings. The fourth-order valence-electron chi connectivity index (χ4n) is 4.13. The lowest BCUT2D eigenvalue weighted by Gasteiger charge is -2.41. The number of imidazole rings is 1. The minimum absolute atomic E-state index is 0.00963. The van der Waals surface area contributed by atoms with E-state index in [1.54, 1.807) is 12.1 Å². The second-order valence-electron chi connectivity index (χ2n) is 9.96. The zero-order chi connectivity index (χ0) is 27.8. The molecule has 0 bridgehead atoms. The van der Waals surface area contributed by atoms with E-state index in [2.05, 4.69) is 20.4 Å². The van der Waals surface area contributed by atoms with Gasteiger partial charge in [0.2, 0.25) is 5.91 Å².